The maximum atomic E-state index is 12.4. The summed E-state index contributed by atoms with van der Waals surface area (Å²) in [4.78, 5) is 73.5. The molecule has 3 atom stereocenters. The van der Waals surface area contributed by atoms with Gasteiger partial charge in [-0.2, -0.15) is 0 Å². The van der Waals surface area contributed by atoms with Gasteiger partial charge in [0.15, 0.2) is 0 Å². The molecule has 0 radical (unpaired) electrons. The lowest BCUT2D eigenvalue weighted by molar-refractivity contribution is -0.147. The van der Waals surface area contributed by atoms with Crippen molar-refractivity contribution in [2.75, 3.05) is 39.5 Å². The van der Waals surface area contributed by atoms with Crippen LogP contribution in [-0.4, -0.2) is 139 Å². The van der Waals surface area contributed by atoms with Gasteiger partial charge in [0.2, 0.25) is 17.7 Å². The summed E-state index contributed by atoms with van der Waals surface area (Å²) in [7, 11) is 0. The molecule has 0 unspecified atom stereocenters. The monoisotopic (exact) mass is 681 g/mol. The van der Waals surface area contributed by atoms with Crippen LogP contribution in [0.3, 0.4) is 0 Å². The molecule has 0 fully saturated rings. The molecule has 19 heteroatoms. The molecular weight excluding hydrogens is 633 g/mol. The molecule has 0 aromatic heterocycles. The van der Waals surface area contributed by atoms with Crippen molar-refractivity contribution in [2.24, 2.45) is 16.2 Å². The van der Waals surface area contributed by atoms with Crippen LogP contribution < -0.4 is 16.0 Å². The van der Waals surface area contributed by atoms with E-state index in [-0.39, 0.29) is 19.6 Å². The summed E-state index contributed by atoms with van der Waals surface area (Å²) in [5.41, 5.74) is -3.49. The van der Waals surface area contributed by atoms with E-state index in [1.807, 2.05) is 0 Å². The van der Waals surface area contributed by atoms with Crippen LogP contribution in [0.1, 0.15) is 60.8 Å². The second kappa shape index (κ2) is 19.7. The smallest absolute Gasteiger partial charge is 0.551 e. The number of hydrogen-bond donors (Lipinski definition) is 9. The molecular formula is C27H48AlN3O15. The first-order valence-electron chi connectivity index (χ1n) is 14.4. The van der Waals surface area contributed by atoms with E-state index < -0.39 is 124 Å². The Labute approximate surface area is 272 Å². The van der Waals surface area contributed by atoms with Crippen LogP contribution in [0, 0.1) is 16.2 Å². The number of carbonyl (C=O) groups is 6. The molecule has 0 aliphatic heterocycles. The number of rotatable bonds is 21. The van der Waals surface area contributed by atoms with Crippen molar-refractivity contribution in [3.8, 4) is 0 Å². The van der Waals surface area contributed by atoms with E-state index in [1.165, 1.54) is 41.5 Å². The van der Waals surface area contributed by atoms with E-state index in [9.17, 15) is 59.4 Å². The second-order valence-electron chi connectivity index (χ2n) is 12.5. The zero-order valence-corrected chi connectivity index (χ0v) is 28.2. The van der Waals surface area contributed by atoms with Crippen LogP contribution >= 0.6 is 0 Å². The average molecular weight is 682 g/mol. The third-order valence-corrected chi connectivity index (χ3v) is 8.12. The summed E-state index contributed by atoms with van der Waals surface area (Å²) in [5, 5.41) is 64.8. The maximum absolute atomic E-state index is 12.4. The number of aliphatic hydroxyl groups excluding tert-OH is 6. The Morgan fingerprint density at radius 2 is 0.739 bits per heavy atom. The van der Waals surface area contributed by atoms with Crippen LogP contribution in [0.15, 0.2) is 0 Å². The van der Waals surface area contributed by atoms with Crippen molar-refractivity contribution in [2.45, 2.75) is 79.1 Å². The Morgan fingerprint density at radius 1 is 0.522 bits per heavy atom. The first kappa shape index (κ1) is 43.1. The molecule has 46 heavy (non-hydrogen) atoms. The van der Waals surface area contributed by atoms with Crippen LogP contribution in [0.5, 0.6) is 0 Å². The average Bonchev–Trinajstić information content (AvgIpc) is 2.99. The Kier molecular flexibility index (Phi) is 18.5. The zero-order valence-electron chi connectivity index (χ0n) is 27.0. The van der Waals surface area contributed by atoms with Crippen LogP contribution in [0.25, 0.3) is 0 Å². The Hall–Kier alpha value is -2.89. The molecule has 0 rings (SSSR count). The van der Waals surface area contributed by atoms with Gasteiger partial charge in [-0.1, -0.05) is 41.5 Å². The van der Waals surface area contributed by atoms with Gasteiger partial charge >= 0.3 is 15.1 Å². The van der Waals surface area contributed by atoms with Gasteiger partial charge < -0.3 is 58.0 Å². The van der Waals surface area contributed by atoms with Crippen molar-refractivity contribution in [3.05, 3.63) is 0 Å². The number of amides is 3. The number of hydrogen-bond acceptors (Lipinski definition) is 15. The SMILES string of the molecule is CC(C)(CO)[C@@H](O)C(=O)NCCC(=O)[O][Al]([O]C(=O)CCNC(=O)[C@H](O)C(C)(C)CO)[O]C(=O)CCNC(=O)[C@H](O)C(C)(C)CO. The molecule has 0 spiro atoms. The van der Waals surface area contributed by atoms with E-state index in [0.717, 1.165) is 0 Å². The summed E-state index contributed by atoms with van der Waals surface area (Å²) in [6.07, 6.45) is -6.28. The summed E-state index contributed by atoms with van der Waals surface area (Å²) in [5.74, 6) is -5.79. The minimum absolute atomic E-state index is 0.337. The molecule has 264 valence electrons. The van der Waals surface area contributed by atoms with E-state index >= 15 is 0 Å². The predicted molar refractivity (Wildman–Crippen MR) is 158 cm³/mol. The van der Waals surface area contributed by atoms with Gasteiger partial charge in [0.25, 0.3) is 17.9 Å². The van der Waals surface area contributed by atoms with Crippen LogP contribution in [-0.2, 0) is 40.1 Å². The van der Waals surface area contributed by atoms with Gasteiger partial charge in [-0.25, -0.2) is 0 Å². The van der Waals surface area contributed by atoms with E-state index in [4.69, 9.17) is 11.4 Å². The lowest BCUT2D eigenvalue weighted by atomic mass is 9.87. The molecule has 9 N–H and O–H groups in total. The van der Waals surface area contributed by atoms with Crippen molar-refractivity contribution >= 4 is 50.8 Å². The lowest BCUT2D eigenvalue weighted by Crippen LogP contribution is -2.46. The van der Waals surface area contributed by atoms with Crippen molar-refractivity contribution in [1.29, 1.82) is 0 Å². The van der Waals surface area contributed by atoms with Crippen molar-refractivity contribution in [3.63, 3.8) is 0 Å². The Balaban J connectivity index is 5.23. The molecule has 0 aliphatic rings. The molecule has 0 heterocycles. The van der Waals surface area contributed by atoms with E-state index in [2.05, 4.69) is 16.0 Å². The molecule has 0 saturated heterocycles. The molecule has 3 amide bonds. The molecule has 0 aromatic rings. The standard InChI is InChI=1S/3C9H17NO5.Al/c3*1-9(2,5-11)7(14)8(15)10-4-3-6(12)13;/h3*7,11,14H,3-5H2,1-2H3,(H,10,15)(H,12,13);/q;;;+3/p-3/t3*7-;/m000./s1. The minimum atomic E-state index is -3.90. The highest BCUT2D eigenvalue weighted by Gasteiger charge is 2.49. The van der Waals surface area contributed by atoms with Gasteiger partial charge in [0, 0.05) is 35.9 Å². The van der Waals surface area contributed by atoms with Gasteiger partial charge in [-0.15, -0.1) is 0 Å². The number of aliphatic hydroxyl groups is 6. The number of nitrogens with one attached hydrogen (secondary N) is 3. The minimum Gasteiger partial charge on any atom is -0.551 e. The summed E-state index contributed by atoms with van der Waals surface area (Å²) < 4.78 is 15.1. The first-order valence-corrected chi connectivity index (χ1v) is 15.8. The van der Waals surface area contributed by atoms with E-state index in [1.54, 1.807) is 0 Å². The molecule has 0 aliphatic carbocycles. The third-order valence-electron chi connectivity index (χ3n) is 6.76. The summed E-state index contributed by atoms with van der Waals surface area (Å²) >= 11 is -3.90. The van der Waals surface area contributed by atoms with Gasteiger partial charge in [-0.05, 0) is 0 Å². The fourth-order valence-electron chi connectivity index (χ4n) is 3.05. The van der Waals surface area contributed by atoms with Crippen LogP contribution in [0.4, 0.5) is 0 Å². The molecule has 0 bridgehead atoms. The normalized spacial score (nSPS) is 13.8. The quantitative estimate of drug-likeness (QED) is 0.0526. The van der Waals surface area contributed by atoms with E-state index in [0.29, 0.717) is 0 Å². The summed E-state index contributed by atoms with van der Waals surface area (Å²) in [6, 6.07) is 0. The van der Waals surface area contributed by atoms with Crippen molar-refractivity contribution < 1.29 is 70.8 Å². The van der Waals surface area contributed by atoms with Gasteiger partial charge in [-0.3, -0.25) is 28.8 Å². The Bertz CT molecular complexity index is 925. The Morgan fingerprint density at radius 3 is 0.935 bits per heavy atom. The predicted octanol–water partition coefficient (Wildman–Crippen LogP) is -3.74. The highest BCUT2D eigenvalue weighted by Crippen LogP contribution is 2.21. The van der Waals surface area contributed by atoms with Crippen molar-refractivity contribution in [1.82, 2.24) is 16.0 Å². The highest BCUT2D eigenvalue weighted by molar-refractivity contribution is 6.44. The van der Waals surface area contributed by atoms with Gasteiger partial charge in [0.1, 0.15) is 18.3 Å². The molecule has 0 aromatic carbocycles. The summed E-state index contributed by atoms with van der Waals surface area (Å²) in [6.45, 7) is 6.15. The topological polar surface area (TPSA) is 288 Å². The highest BCUT2D eigenvalue weighted by atomic mass is 27.3. The fraction of sp³-hybridized carbons (Fsp3) is 0.778. The second-order valence-corrected chi connectivity index (χ2v) is 13.8. The number of carbonyl (C=O) groups excluding carboxylic acids is 6. The first-order chi connectivity index (χ1) is 21.1. The zero-order chi connectivity index (χ0) is 35.9. The van der Waals surface area contributed by atoms with Gasteiger partial charge in [0.05, 0.1) is 39.1 Å². The molecule has 0 saturated carbocycles. The largest absolute Gasteiger partial charge is 1.20 e. The lowest BCUT2D eigenvalue weighted by Gasteiger charge is -2.27. The maximum Gasteiger partial charge on any atom is 1.20 e. The molecule has 18 nitrogen and oxygen atoms in total. The fourth-order valence-corrected chi connectivity index (χ4v) is 4.19. The third kappa shape index (κ3) is 15.1. The van der Waals surface area contributed by atoms with Crippen LogP contribution in [0.2, 0.25) is 0 Å².